The van der Waals surface area contributed by atoms with Crippen molar-refractivity contribution < 1.29 is 19.2 Å². The van der Waals surface area contributed by atoms with Gasteiger partial charge in [0.1, 0.15) is 5.75 Å². The Morgan fingerprint density at radius 2 is 1.68 bits per heavy atom. The second kappa shape index (κ2) is 10.4. The van der Waals surface area contributed by atoms with E-state index in [0.717, 1.165) is 11.6 Å². The molecule has 9 heteroatoms. The molecule has 0 aliphatic carbocycles. The maximum Gasteiger partial charge on any atom is 0.273 e. The van der Waals surface area contributed by atoms with Crippen molar-refractivity contribution in [1.82, 2.24) is 10.9 Å². The van der Waals surface area contributed by atoms with Crippen LogP contribution < -0.4 is 15.6 Å². The van der Waals surface area contributed by atoms with Gasteiger partial charge in [-0.15, -0.1) is 0 Å². The van der Waals surface area contributed by atoms with Gasteiger partial charge in [-0.1, -0.05) is 52.3 Å². The Labute approximate surface area is 186 Å². The third kappa shape index (κ3) is 6.13. The number of non-ortho nitro benzene ring substituents is 1. The smallest absolute Gasteiger partial charge is 0.273 e. The van der Waals surface area contributed by atoms with E-state index in [1.165, 1.54) is 18.2 Å². The first-order valence-corrected chi connectivity index (χ1v) is 10.0. The molecule has 0 aromatic heterocycles. The van der Waals surface area contributed by atoms with Gasteiger partial charge in [0, 0.05) is 28.6 Å². The standard InChI is InChI=1S/C22H18BrN3O5/c23-17-9-10-20(31-12-11-15-5-2-1-3-6-15)19(14-17)22(28)25-24-21(27)16-7-4-8-18(13-16)26(29)30/h1-10,13-14H,11-12H2,(H,24,27)(H,25,28). The van der Waals surface area contributed by atoms with Gasteiger partial charge >= 0.3 is 0 Å². The Morgan fingerprint density at radius 1 is 0.935 bits per heavy atom. The number of ether oxygens (including phenoxy) is 1. The average molecular weight is 484 g/mol. The fraction of sp³-hybridized carbons (Fsp3) is 0.0909. The summed E-state index contributed by atoms with van der Waals surface area (Å²) in [7, 11) is 0. The molecule has 0 radical (unpaired) electrons. The summed E-state index contributed by atoms with van der Waals surface area (Å²) in [6, 6.07) is 20.0. The van der Waals surface area contributed by atoms with Crippen molar-refractivity contribution >= 4 is 33.4 Å². The molecule has 3 aromatic carbocycles. The summed E-state index contributed by atoms with van der Waals surface area (Å²) in [5, 5.41) is 10.9. The Hall–Kier alpha value is -3.72. The Balaban J connectivity index is 1.64. The number of nitrogens with zero attached hydrogens (tertiary/aromatic N) is 1. The van der Waals surface area contributed by atoms with Crippen molar-refractivity contribution in [3.63, 3.8) is 0 Å². The number of carbonyl (C=O) groups excluding carboxylic acids is 2. The zero-order chi connectivity index (χ0) is 22.2. The molecule has 0 aliphatic rings. The maximum absolute atomic E-state index is 12.6. The average Bonchev–Trinajstić information content (AvgIpc) is 2.79. The minimum atomic E-state index is -0.682. The highest BCUT2D eigenvalue weighted by molar-refractivity contribution is 9.10. The molecule has 0 fully saturated rings. The summed E-state index contributed by atoms with van der Waals surface area (Å²) in [6.07, 6.45) is 0.668. The predicted molar refractivity (Wildman–Crippen MR) is 118 cm³/mol. The first-order chi connectivity index (χ1) is 14.9. The largest absolute Gasteiger partial charge is 0.492 e. The second-order valence-corrected chi connectivity index (χ2v) is 7.36. The van der Waals surface area contributed by atoms with Crippen molar-refractivity contribution in [2.45, 2.75) is 6.42 Å². The third-order valence-corrected chi connectivity index (χ3v) is 4.78. The second-order valence-electron chi connectivity index (χ2n) is 6.44. The summed E-state index contributed by atoms with van der Waals surface area (Å²) in [4.78, 5) is 35.1. The lowest BCUT2D eigenvalue weighted by molar-refractivity contribution is -0.384. The fourth-order valence-electron chi connectivity index (χ4n) is 2.74. The van der Waals surface area contributed by atoms with E-state index in [9.17, 15) is 19.7 Å². The normalized spacial score (nSPS) is 10.2. The molecule has 3 aromatic rings. The van der Waals surface area contributed by atoms with Gasteiger partial charge in [-0.25, -0.2) is 0 Å². The molecule has 2 amide bonds. The first kappa shape index (κ1) is 22.0. The van der Waals surface area contributed by atoms with Crippen LogP contribution in [0.4, 0.5) is 5.69 Å². The van der Waals surface area contributed by atoms with Crippen LogP contribution in [-0.2, 0) is 6.42 Å². The molecular formula is C22H18BrN3O5. The highest BCUT2D eigenvalue weighted by Crippen LogP contribution is 2.23. The number of hydrazine groups is 1. The van der Waals surface area contributed by atoms with Crippen molar-refractivity contribution in [3.8, 4) is 5.75 Å². The number of nitro benzene ring substituents is 1. The quantitative estimate of drug-likeness (QED) is 0.388. The van der Waals surface area contributed by atoms with E-state index in [4.69, 9.17) is 4.74 Å². The molecule has 31 heavy (non-hydrogen) atoms. The molecule has 3 rings (SSSR count). The molecule has 0 saturated carbocycles. The van der Waals surface area contributed by atoms with E-state index >= 15 is 0 Å². The number of hydrogen-bond acceptors (Lipinski definition) is 5. The molecule has 0 saturated heterocycles. The maximum atomic E-state index is 12.6. The lowest BCUT2D eigenvalue weighted by Gasteiger charge is -2.13. The number of halogens is 1. The van der Waals surface area contributed by atoms with E-state index in [2.05, 4.69) is 26.8 Å². The van der Waals surface area contributed by atoms with Crippen molar-refractivity contribution in [3.05, 3.63) is 104 Å². The van der Waals surface area contributed by atoms with Crippen LogP contribution in [-0.4, -0.2) is 23.3 Å². The topological polar surface area (TPSA) is 111 Å². The minimum absolute atomic E-state index is 0.0445. The van der Waals surface area contributed by atoms with E-state index in [1.807, 2.05) is 30.3 Å². The zero-order valence-electron chi connectivity index (χ0n) is 16.2. The number of amides is 2. The molecule has 0 heterocycles. The van der Waals surface area contributed by atoms with Crippen molar-refractivity contribution in [2.24, 2.45) is 0 Å². The van der Waals surface area contributed by atoms with Gasteiger partial charge in [-0.05, 0) is 29.8 Å². The van der Waals surface area contributed by atoms with Crippen LogP contribution in [0.15, 0.2) is 77.3 Å². The van der Waals surface area contributed by atoms with Crippen LogP contribution in [0.1, 0.15) is 26.3 Å². The number of carbonyl (C=O) groups is 2. The Bertz CT molecular complexity index is 1110. The van der Waals surface area contributed by atoms with Crippen LogP contribution in [0.3, 0.4) is 0 Å². The van der Waals surface area contributed by atoms with Crippen LogP contribution in [0.5, 0.6) is 5.75 Å². The molecule has 0 atom stereocenters. The van der Waals surface area contributed by atoms with Crippen LogP contribution in [0, 0.1) is 10.1 Å². The zero-order valence-corrected chi connectivity index (χ0v) is 17.8. The molecule has 0 unspecified atom stereocenters. The molecule has 2 N–H and O–H groups in total. The van der Waals surface area contributed by atoms with E-state index in [1.54, 1.807) is 18.2 Å². The van der Waals surface area contributed by atoms with Crippen molar-refractivity contribution in [1.29, 1.82) is 0 Å². The molecule has 0 bridgehead atoms. The third-order valence-electron chi connectivity index (χ3n) is 4.29. The predicted octanol–water partition coefficient (Wildman–Crippen LogP) is 4.05. The molecule has 0 spiro atoms. The van der Waals surface area contributed by atoms with Gasteiger partial charge in [0.05, 0.1) is 17.1 Å². The number of nitrogens with one attached hydrogen (secondary N) is 2. The number of rotatable bonds is 7. The summed E-state index contributed by atoms with van der Waals surface area (Å²) in [5.74, 6) is -0.908. The monoisotopic (exact) mass is 483 g/mol. The first-order valence-electron chi connectivity index (χ1n) is 9.25. The van der Waals surface area contributed by atoms with Gasteiger partial charge in [0.2, 0.25) is 0 Å². The van der Waals surface area contributed by atoms with Gasteiger partial charge in [-0.3, -0.25) is 30.6 Å². The van der Waals surface area contributed by atoms with E-state index in [0.29, 0.717) is 23.2 Å². The molecule has 8 nitrogen and oxygen atoms in total. The lowest BCUT2D eigenvalue weighted by Crippen LogP contribution is -2.41. The fourth-order valence-corrected chi connectivity index (χ4v) is 3.10. The van der Waals surface area contributed by atoms with Gasteiger partial charge in [0.25, 0.3) is 17.5 Å². The number of nitro groups is 1. The number of benzene rings is 3. The Morgan fingerprint density at radius 3 is 2.42 bits per heavy atom. The van der Waals surface area contributed by atoms with E-state index in [-0.39, 0.29) is 16.8 Å². The molecule has 158 valence electrons. The summed E-state index contributed by atoms with van der Waals surface area (Å²) < 4.78 is 6.45. The van der Waals surface area contributed by atoms with Gasteiger partial charge < -0.3 is 4.74 Å². The lowest BCUT2D eigenvalue weighted by atomic mass is 10.1. The van der Waals surface area contributed by atoms with Crippen LogP contribution in [0.2, 0.25) is 0 Å². The summed E-state index contributed by atoms with van der Waals surface area (Å²) in [6.45, 7) is 0.367. The van der Waals surface area contributed by atoms with E-state index < -0.39 is 16.7 Å². The SMILES string of the molecule is O=C(NNC(=O)c1cc(Br)ccc1OCCc1ccccc1)c1cccc([N+](=O)[O-])c1. The minimum Gasteiger partial charge on any atom is -0.492 e. The molecule has 0 aliphatic heterocycles. The number of hydrogen-bond donors (Lipinski definition) is 2. The van der Waals surface area contributed by atoms with Crippen molar-refractivity contribution in [2.75, 3.05) is 6.61 Å². The highest BCUT2D eigenvalue weighted by Gasteiger charge is 2.16. The molecular weight excluding hydrogens is 466 g/mol. The Kier molecular flexibility index (Phi) is 7.34. The van der Waals surface area contributed by atoms with Gasteiger partial charge in [-0.2, -0.15) is 0 Å². The van der Waals surface area contributed by atoms with Crippen LogP contribution >= 0.6 is 15.9 Å². The van der Waals surface area contributed by atoms with Crippen LogP contribution in [0.25, 0.3) is 0 Å². The highest BCUT2D eigenvalue weighted by atomic mass is 79.9. The summed E-state index contributed by atoms with van der Waals surface area (Å²) in [5.41, 5.74) is 5.73. The van der Waals surface area contributed by atoms with Gasteiger partial charge in [0.15, 0.2) is 0 Å². The summed E-state index contributed by atoms with van der Waals surface area (Å²) >= 11 is 3.32.